The maximum atomic E-state index is 11.3. The normalized spacial score (nSPS) is 9.22. The molecule has 1 rings (SSSR count). The van der Waals surface area contributed by atoms with Gasteiger partial charge >= 0.3 is 0 Å². The van der Waals surface area contributed by atoms with Gasteiger partial charge in [-0.05, 0) is 12.5 Å². The largest absolute Gasteiger partial charge is 0.350 e. The number of carbonyl (C=O) groups is 2. The van der Waals surface area contributed by atoms with Crippen molar-refractivity contribution in [1.82, 2.24) is 10.6 Å². The van der Waals surface area contributed by atoms with Gasteiger partial charge in [-0.25, -0.2) is 0 Å². The molecule has 0 unspecified atom stereocenters. The van der Waals surface area contributed by atoms with Crippen molar-refractivity contribution < 1.29 is 9.59 Å². The molecule has 18 heavy (non-hydrogen) atoms. The van der Waals surface area contributed by atoms with Gasteiger partial charge in [0.15, 0.2) is 0 Å². The second-order valence-corrected chi connectivity index (χ2v) is 3.74. The topological polar surface area (TPSA) is 84.2 Å². The number of hydrogen-bond acceptors (Lipinski definition) is 3. The van der Waals surface area contributed by atoms with E-state index in [2.05, 4.69) is 10.6 Å². The highest BCUT2D eigenvalue weighted by molar-refractivity contribution is 5.85. The summed E-state index contributed by atoms with van der Waals surface area (Å²) < 4.78 is 0. The maximum Gasteiger partial charge on any atom is 0.239 e. The Kier molecular flexibility index (Phi) is 7.74. The van der Waals surface area contributed by atoms with Crippen LogP contribution in [-0.4, -0.2) is 24.9 Å². The van der Waals surface area contributed by atoms with Crippen molar-refractivity contribution in [2.45, 2.75) is 13.5 Å². The molecule has 0 saturated heterocycles. The quantitative estimate of drug-likeness (QED) is 0.711. The summed E-state index contributed by atoms with van der Waals surface area (Å²) in [4.78, 5) is 22.1. The summed E-state index contributed by atoms with van der Waals surface area (Å²) in [5, 5.41) is 5.10. The van der Waals surface area contributed by atoms with Gasteiger partial charge in [-0.3, -0.25) is 9.59 Å². The van der Waals surface area contributed by atoms with E-state index in [0.717, 1.165) is 5.56 Å². The first-order valence-corrected chi connectivity index (χ1v) is 5.41. The molecule has 1 aromatic rings. The minimum absolute atomic E-state index is 0. The molecule has 0 atom stereocenters. The summed E-state index contributed by atoms with van der Waals surface area (Å²) >= 11 is 0. The third-order valence-electron chi connectivity index (χ3n) is 2.24. The first-order valence-electron chi connectivity index (χ1n) is 5.41. The minimum Gasteiger partial charge on any atom is -0.350 e. The van der Waals surface area contributed by atoms with Crippen LogP contribution in [0, 0.1) is 6.92 Å². The molecule has 6 heteroatoms. The summed E-state index contributed by atoms with van der Waals surface area (Å²) in [6, 6.07) is 7.87. The predicted molar refractivity (Wildman–Crippen MR) is 72.3 cm³/mol. The molecule has 0 aliphatic carbocycles. The van der Waals surface area contributed by atoms with Crippen molar-refractivity contribution in [1.29, 1.82) is 0 Å². The molecule has 0 spiro atoms. The Balaban J connectivity index is 0.00000289. The summed E-state index contributed by atoms with van der Waals surface area (Å²) in [5.41, 5.74) is 7.29. The maximum absolute atomic E-state index is 11.3. The van der Waals surface area contributed by atoms with Gasteiger partial charge in [0.2, 0.25) is 11.8 Å². The number of carbonyl (C=O) groups excluding carboxylic acids is 2. The van der Waals surface area contributed by atoms with Gasteiger partial charge in [-0.1, -0.05) is 29.8 Å². The van der Waals surface area contributed by atoms with Crippen molar-refractivity contribution in [3.05, 3.63) is 35.4 Å². The van der Waals surface area contributed by atoms with Gasteiger partial charge in [0.25, 0.3) is 0 Å². The molecule has 0 radical (unpaired) electrons. The van der Waals surface area contributed by atoms with Gasteiger partial charge < -0.3 is 16.4 Å². The molecule has 4 N–H and O–H groups in total. The molecular weight excluding hydrogens is 254 g/mol. The molecule has 0 aromatic heterocycles. The molecule has 2 amide bonds. The zero-order valence-electron chi connectivity index (χ0n) is 10.2. The smallest absolute Gasteiger partial charge is 0.239 e. The number of rotatable bonds is 5. The highest BCUT2D eigenvalue weighted by Gasteiger charge is 2.03. The van der Waals surface area contributed by atoms with Gasteiger partial charge in [0.05, 0.1) is 13.1 Å². The summed E-state index contributed by atoms with van der Waals surface area (Å²) in [5.74, 6) is -0.567. The molecule has 0 saturated carbocycles. The van der Waals surface area contributed by atoms with Gasteiger partial charge in [-0.15, -0.1) is 12.4 Å². The highest BCUT2D eigenvalue weighted by atomic mass is 35.5. The molecule has 0 aliphatic heterocycles. The van der Waals surface area contributed by atoms with Crippen LogP contribution in [0.1, 0.15) is 11.1 Å². The number of halogens is 1. The average Bonchev–Trinajstić information content (AvgIpc) is 2.35. The molecule has 0 heterocycles. The fourth-order valence-corrected chi connectivity index (χ4v) is 1.22. The Morgan fingerprint density at radius 2 is 1.72 bits per heavy atom. The van der Waals surface area contributed by atoms with Crippen LogP contribution in [0.25, 0.3) is 0 Å². The van der Waals surface area contributed by atoms with E-state index in [4.69, 9.17) is 5.73 Å². The van der Waals surface area contributed by atoms with E-state index in [0.29, 0.717) is 6.54 Å². The molecule has 1 aromatic carbocycles. The number of benzene rings is 1. The van der Waals surface area contributed by atoms with E-state index in [-0.39, 0.29) is 37.3 Å². The summed E-state index contributed by atoms with van der Waals surface area (Å²) in [7, 11) is 0. The zero-order valence-corrected chi connectivity index (χ0v) is 11.0. The Labute approximate surface area is 113 Å². The van der Waals surface area contributed by atoms with Crippen molar-refractivity contribution in [3.63, 3.8) is 0 Å². The van der Waals surface area contributed by atoms with Crippen molar-refractivity contribution in [3.8, 4) is 0 Å². The zero-order chi connectivity index (χ0) is 12.7. The summed E-state index contributed by atoms with van der Waals surface area (Å²) in [6.07, 6.45) is 0. The molecule has 5 nitrogen and oxygen atoms in total. The van der Waals surface area contributed by atoms with Crippen molar-refractivity contribution >= 4 is 24.2 Å². The number of amides is 2. The number of aryl methyl sites for hydroxylation is 1. The van der Waals surface area contributed by atoms with E-state index >= 15 is 0 Å². The second-order valence-electron chi connectivity index (χ2n) is 3.74. The lowest BCUT2D eigenvalue weighted by molar-refractivity contribution is -0.125. The lowest BCUT2D eigenvalue weighted by Crippen LogP contribution is -2.39. The molecule has 0 bridgehead atoms. The fourth-order valence-electron chi connectivity index (χ4n) is 1.22. The van der Waals surface area contributed by atoms with Crippen LogP contribution >= 0.6 is 12.4 Å². The lowest BCUT2D eigenvalue weighted by atomic mass is 10.1. The van der Waals surface area contributed by atoms with E-state index in [1.54, 1.807) is 0 Å². The van der Waals surface area contributed by atoms with Crippen LogP contribution < -0.4 is 16.4 Å². The Bertz CT molecular complexity index is 393. The Morgan fingerprint density at radius 3 is 2.28 bits per heavy atom. The SMILES string of the molecule is Cc1ccc(CNC(=O)CNC(=O)CN)cc1.Cl. The third-order valence-corrected chi connectivity index (χ3v) is 2.24. The average molecular weight is 272 g/mol. The molecule has 0 aliphatic rings. The first kappa shape index (κ1) is 16.4. The monoisotopic (exact) mass is 271 g/mol. The van der Waals surface area contributed by atoms with Crippen molar-refractivity contribution in [2.75, 3.05) is 13.1 Å². The van der Waals surface area contributed by atoms with Gasteiger partial charge in [0.1, 0.15) is 0 Å². The first-order chi connectivity index (χ1) is 8.11. The van der Waals surface area contributed by atoms with Gasteiger partial charge in [0, 0.05) is 6.54 Å². The number of nitrogens with one attached hydrogen (secondary N) is 2. The Morgan fingerprint density at radius 1 is 1.11 bits per heavy atom. The van der Waals surface area contributed by atoms with Crippen LogP contribution in [0.15, 0.2) is 24.3 Å². The molecular formula is C12H18ClN3O2. The second kappa shape index (κ2) is 8.49. The van der Waals surface area contributed by atoms with E-state index in [1.807, 2.05) is 31.2 Å². The van der Waals surface area contributed by atoms with Crippen LogP contribution in [0.4, 0.5) is 0 Å². The standard InChI is InChI=1S/C12H17N3O2.ClH/c1-9-2-4-10(5-3-9)7-14-12(17)8-15-11(16)6-13;/h2-5H,6-8,13H2,1H3,(H,14,17)(H,15,16);1H. The van der Waals surface area contributed by atoms with Crippen molar-refractivity contribution in [2.24, 2.45) is 5.73 Å². The fraction of sp³-hybridized carbons (Fsp3) is 0.333. The highest BCUT2D eigenvalue weighted by Crippen LogP contribution is 2.02. The van der Waals surface area contributed by atoms with E-state index in [9.17, 15) is 9.59 Å². The Hall–Kier alpha value is -1.59. The summed E-state index contributed by atoms with van der Waals surface area (Å²) in [6.45, 7) is 2.31. The van der Waals surface area contributed by atoms with Crippen LogP contribution in [0.5, 0.6) is 0 Å². The van der Waals surface area contributed by atoms with Crippen LogP contribution in [0.2, 0.25) is 0 Å². The molecule has 100 valence electrons. The molecule has 0 fully saturated rings. The minimum atomic E-state index is -0.338. The third kappa shape index (κ3) is 6.22. The van der Waals surface area contributed by atoms with E-state index < -0.39 is 0 Å². The predicted octanol–water partition coefficient (Wildman–Crippen LogP) is 0.108. The van der Waals surface area contributed by atoms with Crippen LogP contribution in [0.3, 0.4) is 0 Å². The lowest BCUT2D eigenvalue weighted by Gasteiger charge is -2.06. The number of nitrogens with two attached hydrogens (primary N) is 1. The van der Waals surface area contributed by atoms with E-state index in [1.165, 1.54) is 5.56 Å². The van der Waals surface area contributed by atoms with Gasteiger partial charge in [-0.2, -0.15) is 0 Å². The number of hydrogen-bond donors (Lipinski definition) is 3. The van der Waals surface area contributed by atoms with Crippen LogP contribution in [-0.2, 0) is 16.1 Å².